The summed E-state index contributed by atoms with van der Waals surface area (Å²) >= 11 is 0. The maximum absolute atomic E-state index is 5.38. The number of anilines is 1. The second-order valence-electron chi connectivity index (χ2n) is 4.31. The number of hydrogen-bond donors (Lipinski definition) is 1. The molecule has 3 rings (SSSR count). The first-order chi connectivity index (χ1) is 8.85. The zero-order valence-corrected chi connectivity index (χ0v) is 10.3. The molecule has 0 radical (unpaired) electrons. The van der Waals surface area contributed by atoms with Gasteiger partial charge in [-0.15, -0.1) is 0 Å². The lowest BCUT2D eigenvalue weighted by molar-refractivity contribution is 0.174. The fourth-order valence-electron chi connectivity index (χ4n) is 2.08. The molecule has 0 aliphatic carbocycles. The Labute approximate surface area is 106 Å². The Kier molecular flexibility index (Phi) is 2.81. The van der Waals surface area contributed by atoms with Gasteiger partial charge in [-0.2, -0.15) is 0 Å². The van der Waals surface area contributed by atoms with Crippen molar-refractivity contribution < 1.29 is 9.47 Å². The summed E-state index contributed by atoms with van der Waals surface area (Å²) in [4.78, 5) is 0. The van der Waals surface area contributed by atoms with Crippen molar-refractivity contribution in [3.63, 3.8) is 0 Å². The van der Waals surface area contributed by atoms with Crippen LogP contribution in [-0.2, 0) is 6.42 Å². The minimum absolute atomic E-state index is 0.329. The van der Waals surface area contributed by atoms with Crippen LogP contribution in [0.15, 0.2) is 42.5 Å². The quantitative estimate of drug-likeness (QED) is 0.896. The van der Waals surface area contributed by atoms with E-state index >= 15 is 0 Å². The highest BCUT2D eigenvalue weighted by atomic mass is 16.7. The number of rotatable bonds is 3. The van der Waals surface area contributed by atoms with E-state index in [4.69, 9.17) is 9.47 Å². The average Bonchev–Trinajstić information content (AvgIpc) is 2.87. The Morgan fingerprint density at radius 2 is 1.67 bits per heavy atom. The van der Waals surface area contributed by atoms with Crippen molar-refractivity contribution in [2.75, 3.05) is 19.2 Å². The fourth-order valence-corrected chi connectivity index (χ4v) is 2.08. The molecule has 3 heteroatoms. The SMILES string of the molecule is CNc1ccc(Cc2ccc3c(c2)OCO3)cc1. The molecule has 0 saturated carbocycles. The second kappa shape index (κ2) is 4.61. The molecule has 3 nitrogen and oxygen atoms in total. The summed E-state index contributed by atoms with van der Waals surface area (Å²) in [5.74, 6) is 1.68. The first kappa shape index (κ1) is 11.0. The predicted octanol–water partition coefficient (Wildman–Crippen LogP) is 3.05. The molecule has 0 saturated heterocycles. The van der Waals surface area contributed by atoms with Gasteiger partial charge in [0.15, 0.2) is 11.5 Å². The van der Waals surface area contributed by atoms with E-state index in [0.29, 0.717) is 6.79 Å². The van der Waals surface area contributed by atoms with Crippen LogP contribution in [0.3, 0.4) is 0 Å². The molecule has 0 amide bonds. The highest BCUT2D eigenvalue weighted by Crippen LogP contribution is 2.33. The summed E-state index contributed by atoms with van der Waals surface area (Å²) in [7, 11) is 1.92. The van der Waals surface area contributed by atoms with E-state index in [9.17, 15) is 0 Å². The Morgan fingerprint density at radius 3 is 2.44 bits per heavy atom. The smallest absolute Gasteiger partial charge is 0.231 e. The van der Waals surface area contributed by atoms with Gasteiger partial charge in [-0.25, -0.2) is 0 Å². The van der Waals surface area contributed by atoms with Crippen LogP contribution in [0.1, 0.15) is 11.1 Å². The monoisotopic (exact) mass is 241 g/mol. The Bertz CT molecular complexity index is 549. The van der Waals surface area contributed by atoms with Crippen LogP contribution in [0.25, 0.3) is 0 Å². The van der Waals surface area contributed by atoms with Gasteiger partial charge in [-0.3, -0.25) is 0 Å². The molecule has 18 heavy (non-hydrogen) atoms. The van der Waals surface area contributed by atoms with Crippen LogP contribution in [0.2, 0.25) is 0 Å². The summed E-state index contributed by atoms with van der Waals surface area (Å²) in [6, 6.07) is 14.5. The number of nitrogens with one attached hydrogen (secondary N) is 1. The summed E-state index contributed by atoms with van der Waals surface area (Å²) in [6.07, 6.45) is 0.903. The average molecular weight is 241 g/mol. The van der Waals surface area contributed by atoms with E-state index in [1.54, 1.807) is 0 Å². The Hall–Kier alpha value is -2.16. The van der Waals surface area contributed by atoms with Gasteiger partial charge in [-0.1, -0.05) is 18.2 Å². The van der Waals surface area contributed by atoms with Crippen molar-refractivity contribution in [3.05, 3.63) is 53.6 Å². The van der Waals surface area contributed by atoms with Crippen molar-refractivity contribution in [2.24, 2.45) is 0 Å². The van der Waals surface area contributed by atoms with Gasteiger partial charge in [-0.05, 0) is 41.8 Å². The number of hydrogen-bond acceptors (Lipinski definition) is 3. The van der Waals surface area contributed by atoms with Gasteiger partial charge in [0.05, 0.1) is 0 Å². The molecule has 2 aromatic carbocycles. The van der Waals surface area contributed by atoms with E-state index in [-0.39, 0.29) is 0 Å². The third kappa shape index (κ3) is 2.12. The maximum atomic E-state index is 5.38. The largest absolute Gasteiger partial charge is 0.454 e. The van der Waals surface area contributed by atoms with E-state index in [1.165, 1.54) is 11.1 Å². The lowest BCUT2D eigenvalue weighted by Gasteiger charge is -2.05. The molecule has 1 heterocycles. The van der Waals surface area contributed by atoms with Crippen LogP contribution in [0.4, 0.5) is 5.69 Å². The van der Waals surface area contributed by atoms with Crippen LogP contribution < -0.4 is 14.8 Å². The zero-order valence-electron chi connectivity index (χ0n) is 10.3. The molecule has 0 aromatic heterocycles. The van der Waals surface area contributed by atoms with Crippen LogP contribution in [0.5, 0.6) is 11.5 Å². The number of ether oxygens (including phenoxy) is 2. The molecule has 1 N–H and O–H groups in total. The molecule has 2 aromatic rings. The number of fused-ring (bicyclic) bond motifs is 1. The van der Waals surface area contributed by atoms with E-state index in [0.717, 1.165) is 23.6 Å². The fraction of sp³-hybridized carbons (Fsp3) is 0.200. The second-order valence-corrected chi connectivity index (χ2v) is 4.31. The van der Waals surface area contributed by atoms with E-state index in [1.807, 2.05) is 19.2 Å². The first-order valence-corrected chi connectivity index (χ1v) is 6.00. The van der Waals surface area contributed by atoms with Crippen molar-refractivity contribution in [2.45, 2.75) is 6.42 Å². The molecule has 0 bridgehead atoms. The topological polar surface area (TPSA) is 30.5 Å². The van der Waals surface area contributed by atoms with Gasteiger partial charge >= 0.3 is 0 Å². The Morgan fingerprint density at radius 1 is 0.944 bits per heavy atom. The molecule has 0 fully saturated rings. The number of benzene rings is 2. The molecular formula is C15H15NO2. The zero-order chi connectivity index (χ0) is 12.4. The lowest BCUT2D eigenvalue weighted by atomic mass is 10.0. The van der Waals surface area contributed by atoms with Gasteiger partial charge in [0.1, 0.15) is 0 Å². The standard InChI is InChI=1S/C15H15NO2/c1-16-13-5-2-11(3-6-13)8-12-4-7-14-15(9-12)18-10-17-14/h2-7,9,16H,8,10H2,1H3. The summed E-state index contributed by atoms with van der Waals surface area (Å²) in [5, 5.41) is 3.12. The minimum Gasteiger partial charge on any atom is -0.454 e. The molecule has 0 atom stereocenters. The minimum atomic E-state index is 0.329. The molecular weight excluding hydrogens is 226 g/mol. The van der Waals surface area contributed by atoms with Gasteiger partial charge < -0.3 is 14.8 Å². The van der Waals surface area contributed by atoms with Crippen molar-refractivity contribution in [3.8, 4) is 11.5 Å². The molecule has 0 spiro atoms. The predicted molar refractivity (Wildman–Crippen MR) is 71.4 cm³/mol. The van der Waals surface area contributed by atoms with Crippen molar-refractivity contribution >= 4 is 5.69 Å². The van der Waals surface area contributed by atoms with Crippen LogP contribution >= 0.6 is 0 Å². The van der Waals surface area contributed by atoms with E-state index < -0.39 is 0 Å². The lowest BCUT2D eigenvalue weighted by Crippen LogP contribution is -1.93. The van der Waals surface area contributed by atoms with Crippen molar-refractivity contribution in [1.82, 2.24) is 0 Å². The molecule has 92 valence electrons. The summed E-state index contributed by atoms with van der Waals surface area (Å²) in [5.41, 5.74) is 3.65. The summed E-state index contributed by atoms with van der Waals surface area (Å²) in [6.45, 7) is 0.329. The van der Waals surface area contributed by atoms with Gasteiger partial charge in [0.25, 0.3) is 0 Å². The summed E-state index contributed by atoms with van der Waals surface area (Å²) < 4.78 is 10.7. The molecule has 1 aliphatic heterocycles. The third-order valence-corrected chi connectivity index (χ3v) is 3.09. The highest BCUT2D eigenvalue weighted by Gasteiger charge is 2.13. The van der Waals surface area contributed by atoms with Crippen LogP contribution in [0, 0.1) is 0 Å². The third-order valence-electron chi connectivity index (χ3n) is 3.09. The maximum Gasteiger partial charge on any atom is 0.231 e. The van der Waals surface area contributed by atoms with E-state index in [2.05, 4.69) is 35.6 Å². The Balaban J connectivity index is 1.79. The molecule has 1 aliphatic rings. The van der Waals surface area contributed by atoms with Gasteiger partial charge in [0, 0.05) is 12.7 Å². The first-order valence-electron chi connectivity index (χ1n) is 6.00. The normalized spacial score (nSPS) is 12.5. The highest BCUT2D eigenvalue weighted by molar-refractivity contribution is 5.47. The van der Waals surface area contributed by atoms with Crippen molar-refractivity contribution in [1.29, 1.82) is 0 Å². The van der Waals surface area contributed by atoms with Gasteiger partial charge in [0.2, 0.25) is 6.79 Å². The van der Waals surface area contributed by atoms with Crippen LogP contribution in [-0.4, -0.2) is 13.8 Å². The molecule has 0 unspecified atom stereocenters.